The summed E-state index contributed by atoms with van der Waals surface area (Å²) in [5, 5.41) is 15.6. The number of ether oxygens (including phenoxy) is 1. The highest BCUT2D eigenvalue weighted by Gasteiger charge is 2.14. The third-order valence-electron chi connectivity index (χ3n) is 3.65. The monoisotopic (exact) mass is 381 g/mol. The van der Waals surface area contributed by atoms with Crippen LogP contribution in [-0.4, -0.2) is 30.9 Å². The zero-order valence-corrected chi connectivity index (χ0v) is 15.4. The number of carbonyl (C=O) groups is 3. The van der Waals surface area contributed by atoms with Crippen molar-refractivity contribution in [3.8, 4) is 5.75 Å². The van der Waals surface area contributed by atoms with Crippen LogP contribution in [0.15, 0.2) is 60.3 Å². The summed E-state index contributed by atoms with van der Waals surface area (Å²) in [7, 11) is 0. The molecule has 2 aromatic rings. The molecule has 0 fully saturated rings. The Morgan fingerprint density at radius 2 is 1.71 bits per heavy atom. The van der Waals surface area contributed by atoms with E-state index in [0.717, 1.165) is 0 Å². The summed E-state index contributed by atoms with van der Waals surface area (Å²) < 4.78 is 5.34. The van der Waals surface area contributed by atoms with E-state index in [9.17, 15) is 19.5 Å². The second-order valence-electron chi connectivity index (χ2n) is 5.76. The van der Waals surface area contributed by atoms with Crippen molar-refractivity contribution in [2.45, 2.75) is 13.3 Å². The first-order chi connectivity index (χ1) is 13.5. The molecule has 0 heterocycles. The second kappa shape index (κ2) is 10.5. The van der Waals surface area contributed by atoms with Gasteiger partial charge in [0.1, 0.15) is 11.4 Å². The molecular formula is C21H21N2O5-. The second-order valence-corrected chi connectivity index (χ2v) is 5.76. The van der Waals surface area contributed by atoms with Crippen LogP contribution < -0.4 is 20.5 Å². The summed E-state index contributed by atoms with van der Waals surface area (Å²) in [5.41, 5.74) is 1.06. The van der Waals surface area contributed by atoms with Gasteiger partial charge in [0.05, 0.1) is 6.61 Å². The van der Waals surface area contributed by atoms with Gasteiger partial charge in [-0.2, -0.15) is 0 Å². The van der Waals surface area contributed by atoms with Gasteiger partial charge < -0.3 is 25.3 Å². The molecule has 7 nitrogen and oxygen atoms in total. The Hall–Kier alpha value is -3.61. The van der Waals surface area contributed by atoms with E-state index < -0.39 is 17.8 Å². The Morgan fingerprint density at radius 3 is 2.32 bits per heavy atom. The quantitative estimate of drug-likeness (QED) is 0.633. The van der Waals surface area contributed by atoms with Gasteiger partial charge in [0.25, 0.3) is 11.8 Å². The van der Waals surface area contributed by atoms with Crippen molar-refractivity contribution in [2.75, 3.05) is 13.2 Å². The number of benzene rings is 2. The minimum Gasteiger partial charge on any atom is -0.550 e. The van der Waals surface area contributed by atoms with Crippen LogP contribution in [0.25, 0.3) is 6.08 Å². The van der Waals surface area contributed by atoms with Crippen molar-refractivity contribution in [3.63, 3.8) is 0 Å². The zero-order chi connectivity index (χ0) is 20.4. The highest BCUT2D eigenvalue weighted by atomic mass is 16.5. The lowest BCUT2D eigenvalue weighted by Crippen LogP contribution is -2.37. The molecule has 146 valence electrons. The molecule has 0 bridgehead atoms. The van der Waals surface area contributed by atoms with Gasteiger partial charge in [-0.15, -0.1) is 0 Å². The largest absolute Gasteiger partial charge is 0.550 e. The van der Waals surface area contributed by atoms with Gasteiger partial charge in [-0.1, -0.05) is 30.3 Å². The first kappa shape index (κ1) is 20.7. The molecule has 0 spiro atoms. The van der Waals surface area contributed by atoms with Crippen LogP contribution >= 0.6 is 0 Å². The molecule has 2 rings (SSSR count). The maximum atomic E-state index is 12.5. The van der Waals surface area contributed by atoms with E-state index in [1.165, 1.54) is 6.08 Å². The number of amides is 2. The van der Waals surface area contributed by atoms with Gasteiger partial charge >= 0.3 is 0 Å². The van der Waals surface area contributed by atoms with Crippen LogP contribution in [0.4, 0.5) is 0 Å². The summed E-state index contributed by atoms with van der Waals surface area (Å²) >= 11 is 0. The summed E-state index contributed by atoms with van der Waals surface area (Å²) in [5.74, 6) is -1.70. The number of hydrogen-bond donors (Lipinski definition) is 2. The van der Waals surface area contributed by atoms with Gasteiger partial charge in [0.2, 0.25) is 0 Å². The van der Waals surface area contributed by atoms with Crippen LogP contribution in [0, 0.1) is 0 Å². The Labute approximate surface area is 163 Å². The molecule has 0 saturated heterocycles. The molecule has 28 heavy (non-hydrogen) atoms. The Kier molecular flexibility index (Phi) is 7.77. The van der Waals surface area contributed by atoms with Crippen molar-refractivity contribution in [2.24, 2.45) is 0 Å². The fraction of sp³-hybridized carbons (Fsp3) is 0.190. The normalized spacial score (nSPS) is 10.8. The van der Waals surface area contributed by atoms with Crippen LogP contribution in [0.2, 0.25) is 0 Å². The lowest BCUT2D eigenvalue weighted by molar-refractivity contribution is -0.305. The third-order valence-corrected chi connectivity index (χ3v) is 3.65. The van der Waals surface area contributed by atoms with Crippen molar-refractivity contribution in [3.05, 3.63) is 71.4 Å². The SMILES string of the molecule is CCOc1ccc(C(=O)N/C(=C/c2ccccc2)C(=O)NCCC(=O)[O-])cc1. The highest BCUT2D eigenvalue weighted by molar-refractivity contribution is 6.05. The van der Waals surface area contributed by atoms with Gasteiger partial charge in [-0.3, -0.25) is 9.59 Å². The molecule has 0 saturated carbocycles. The molecule has 0 unspecified atom stereocenters. The predicted octanol–water partition coefficient (Wildman–Crippen LogP) is 1.11. The smallest absolute Gasteiger partial charge is 0.267 e. The average molecular weight is 381 g/mol. The molecule has 2 N–H and O–H groups in total. The van der Waals surface area contributed by atoms with Gasteiger partial charge in [0.15, 0.2) is 0 Å². The van der Waals surface area contributed by atoms with Crippen molar-refractivity contribution in [1.82, 2.24) is 10.6 Å². The van der Waals surface area contributed by atoms with E-state index in [0.29, 0.717) is 23.5 Å². The Bertz CT molecular complexity index is 845. The average Bonchev–Trinajstić information content (AvgIpc) is 2.68. The van der Waals surface area contributed by atoms with E-state index in [1.54, 1.807) is 48.5 Å². The lowest BCUT2D eigenvalue weighted by atomic mass is 10.1. The summed E-state index contributed by atoms with van der Waals surface area (Å²) in [6, 6.07) is 15.5. The lowest BCUT2D eigenvalue weighted by Gasteiger charge is -2.12. The van der Waals surface area contributed by atoms with Crippen LogP contribution in [0.1, 0.15) is 29.3 Å². The van der Waals surface area contributed by atoms with Crippen LogP contribution in [0.5, 0.6) is 5.75 Å². The minimum atomic E-state index is -1.27. The standard InChI is InChI=1S/C21H22N2O5/c1-2-28-17-10-8-16(9-11-17)20(26)23-18(14-15-6-4-3-5-7-15)21(27)22-13-12-19(24)25/h3-11,14H,2,12-13H2,1H3,(H,22,27)(H,23,26)(H,24,25)/p-1/b18-14+. The molecule has 0 aliphatic carbocycles. The van der Waals surface area contributed by atoms with Crippen LogP contribution in [0.3, 0.4) is 0 Å². The molecule has 0 radical (unpaired) electrons. The van der Waals surface area contributed by atoms with Crippen molar-refractivity contribution in [1.29, 1.82) is 0 Å². The van der Waals surface area contributed by atoms with Crippen molar-refractivity contribution < 1.29 is 24.2 Å². The van der Waals surface area contributed by atoms with E-state index in [2.05, 4.69) is 10.6 Å². The van der Waals surface area contributed by atoms with E-state index in [4.69, 9.17) is 4.74 Å². The zero-order valence-electron chi connectivity index (χ0n) is 15.4. The molecule has 2 aromatic carbocycles. The van der Waals surface area contributed by atoms with Gasteiger partial charge in [-0.25, -0.2) is 0 Å². The van der Waals surface area contributed by atoms with Crippen molar-refractivity contribution >= 4 is 23.9 Å². The number of carboxylic acid groups (broad SMARTS) is 1. The topological polar surface area (TPSA) is 108 Å². The van der Waals surface area contributed by atoms with E-state index in [1.807, 2.05) is 13.0 Å². The molecule has 0 aliphatic rings. The van der Waals surface area contributed by atoms with E-state index >= 15 is 0 Å². The molecule has 0 aromatic heterocycles. The van der Waals surface area contributed by atoms with E-state index in [-0.39, 0.29) is 18.7 Å². The number of hydrogen-bond acceptors (Lipinski definition) is 5. The molecule has 2 amide bonds. The maximum absolute atomic E-state index is 12.5. The summed E-state index contributed by atoms with van der Waals surface area (Å²) in [6.07, 6.45) is 1.19. The predicted molar refractivity (Wildman–Crippen MR) is 102 cm³/mol. The van der Waals surface area contributed by atoms with Crippen LogP contribution in [-0.2, 0) is 9.59 Å². The molecular weight excluding hydrogens is 360 g/mol. The Morgan fingerprint density at radius 1 is 1.04 bits per heavy atom. The summed E-state index contributed by atoms with van der Waals surface area (Å²) in [6.45, 7) is 2.27. The number of aliphatic carboxylic acids is 1. The summed E-state index contributed by atoms with van der Waals surface area (Å²) in [4.78, 5) is 35.5. The molecule has 7 heteroatoms. The fourth-order valence-electron chi connectivity index (χ4n) is 2.31. The molecule has 0 atom stereocenters. The minimum absolute atomic E-state index is 0.00318. The highest BCUT2D eigenvalue weighted by Crippen LogP contribution is 2.13. The fourth-order valence-corrected chi connectivity index (χ4v) is 2.31. The maximum Gasteiger partial charge on any atom is 0.267 e. The first-order valence-corrected chi connectivity index (χ1v) is 8.78. The first-order valence-electron chi connectivity index (χ1n) is 8.78. The Balaban J connectivity index is 2.16. The third kappa shape index (κ3) is 6.60. The van der Waals surface area contributed by atoms with Gasteiger partial charge in [-0.05, 0) is 42.8 Å². The van der Waals surface area contributed by atoms with Gasteiger partial charge in [0, 0.05) is 24.5 Å². The molecule has 0 aliphatic heterocycles. The number of nitrogens with one attached hydrogen (secondary N) is 2. The number of rotatable bonds is 9. The number of carboxylic acids is 1. The number of carbonyl (C=O) groups excluding carboxylic acids is 3.